The van der Waals surface area contributed by atoms with Gasteiger partial charge in [-0.15, -0.1) is 0 Å². The number of hydrogen-bond acceptors (Lipinski definition) is 7. The van der Waals surface area contributed by atoms with Crippen molar-refractivity contribution in [3.8, 4) is 0 Å². The number of amides is 2. The smallest absolute Gasteiger partial charge is 0.278 e. The standard InChI is InChI=1S/C34H33N5O2S/c1-24-22-25(2)36-34(35-24)42-31-30(32(40)39(33(31)41)23-26-12-6-3-7-13-26)38-20-18-37(19-21-38)29(27-14-8-4-9-15-27)28-16-10-5-11-17-28/h3-17,22,29H,18-21,23H2,1-2H3. The van der Waals surface area contributed by atoms with Gasteiger partial charge in [-0.1, -0.05) is 91.0 Å². The molecule has 1 saturated heterocycles. The highest BCUT2D eigenvalue weighted by atomic mass is 32.2. The van der Waals surface area contributed by atoms with Gasteiger partial charge in [0.1, 0.15) is 10.6 Å². The molecule has 0 aliphatic carbocycles. The van der Waals surface area contributed by atoms with Crippen molar-refractivity contribution in [3.63, 3.8) is 0 Å². The van der Waals surface area contributed by atoms with Crippen molar-refractivity contribution in [2.75, 3.05) is 26.2 Å². The van der Waals surface area contributed by atoms with Crippen molar-refractivity contribution in [1.29, 1.82) is 0 Å². The largest absolute Gasteiger partial charge is 0.363 e. The number of benzene rings is 3. The van der Waals surface area contributed by atoms with Crippen molar-refractivity contribution < 1.29 is 9.59 Å². The molecule has 0 saturated carbocycles. The molecule has 2 amide bonds. The normalized spacial score (nSPS) is 16.2. The van der Waals surface area contributed by atoms with Crippen LogP contribution in [0.1, 0.15) is 34.1 Å². The van der Waals surface area contributed by atoms with Crippen LogP contribution in [-0.2, 0) is 16.1 Å². The van der Waals surface area contributed by atoms with Gasteiger partial charge in [-0.3, -0.25) is 19.4 Å². The van der Waals surface area contributed by atoms with Gasteiger partial charge in [0.15, 0.2) is 5.16 Å². The van der Waals surface area contributed by atoms with Crippen LogP contribution in [-0.4, -0.2) is 62.7 Å². The van der Waals surface area contributed by atoms with E-state index in [1.807, 2.05) is 62.4 Å². The minimum Gasteiger partial charge on any atom is -0.363 e. The van der Waals surface area contributed by atoms with Crippen LogP contribution in [0.15, 0.2) is 113 Å². The van der Waals surface area contributed by atoms with E-state index >= 15 is 0 Å². The maximum atomic E-state index is 14.0. The number of aromatic nitrogens is 2. The molecule has 1 fully saturated rings. The molecule has 0 spiro atoms. The Morgan fingerprint density at radius 3 is 1.79 bits per heavy atom. The summed E-state index contributed by atoms with van der Waals surface area (Å²) in [7, 11) is 0. The van der Waals surface area contributed by atoms with E-state index in [1.54, 1.807) is 0 Å². The van der Waals surface area contributed by atoms with Crippen LogP contribution < -0.4 is 0 Å². The molecule has 2 aliphatic heterocycles. The van der Waals surface area contributed by atoms with Gasteiger partial charge in [-0.2, -0.15) is 0 Å². The topological polar surface area (TPSA) is 69.6 Å². The fraction of sp³-hybridized carbons (Fsp3) is 0.235. The fourth-order valence-corrected chi connectivity index (χ4v) is 6.81. The molecule has 8 heteroatoms. The SMILES string of the molecule is Cc1cc(C)nc(SC2=C(N3CCN(C(c4ccccc4)c4ccccc4)CC3)C(=O)N(Cc3ccccc3)C2=O)n1. The first-order valence-corrected chi connectivity index (χ1v) is 15.0. The molecule has 0 atom stereocenters. The third-order valence-electron chi connectivity index (χ3n) is 7.67. The number of imide groups is 1. The molecule has 212 valence electrons. The van der Waals surface area contributed by atoms with Crippen molar-refractivity contribution in [2.45, 2.75) is 31.6 Å². The summed E-state index contributed by atoms with van der Waals surface area (Å²) in [5.74, 6) is -0.549. The highest BCUT2D eigenvalue weighted by Crippen LogP contribution is 2.37. The van der Waals surface area contributed by atoms with Crippen LogP contribution in [0, 0.1) is 13.8 Å². The molecule has 4 aromatic rings. The predicted molar refractivity (Wildman–Crippen MR) is 164 cm³/mol. The van der Waals surface area contributed by atoms with E-state index in [9.17, 15) is 9.59 Å². The summed E-state index contributed by atoms with van der Waals surface area (Å²) < 4.78 is 0. The minimum absolute atomic E-state index is 0.108. The molecule has 0 bridgehead atoms. The number of aryl methyl sites for hydroxylation is 2. The monoisotopic (exact) mass is 575 g/mol. The second kappa shape index (κ2) is 12.3. The maximum absolute atomic E-state index is 14.0. The Morgan fingerprint density at radius 1 is 0.714 bits per heavy atom. The van der Waals surface area contributed by atoms with Gasteiger partial charge >= 0.3 is 0 Å². The molecule has 1 aromatic heterocycles. The molecular weight excluding hydrogens is 542 g/mol. The summed E-state index contributed by atoms with van der Waals surface area (Å²) >= 11 is 1.20. The lowest BCUT2D eigenvalue weighted by atomic mass is 9.96. The van der Waals surface area contributed by atoms with Gasteiger partial charge in [0.2, 0.25) is 0 Å². The van der Waals surface area contributed by atoms with E-state index in [2.05, 4.69) is 68.3 Å². The molecule has 0 unspecified atom stereocenters. The van der Waals surface area contributed by atoms with Crippen molar-refractivity contribution in [2.24, 2.45) is 0 Å². The molecule has 3 heterocycles. The predicted octanol–water partition coefficient (Wildman–Crippen LogP) is 5.37. The number of hydrogen-bond donors (Lipinski definition) is 0. The fourth-order valence-electron chi connectivity index (χ4n) is 5.74. The van der Waals surface area contributed by atoms with Gasteiger partial charge < -0.3 is 4.90 Å². The molecular formula is C34H33N5O2S. The van der Waals surface area contributed by atoms with Gasteiger partial charge in [0.05, 0.1) is 12.6 Å². The first-order chi connectivity index (χ1) is 20.5. The van der Waals surface area contributed by atoms with Crippen LogP contribution in [0.25, 0.3) is 0 Å². The van der Waals surface area contributed by atoms with Crippen molar-refractivity contribution in [3.05, 3.63) is 136 Å². The number of carbonyl (C=O) groups is 2. The Morgan fingerprint density at radius 2 is 1.24 bits per heavy atom. The van der Waals surface area contributed by atoms with Gasteiger partial charge in [0.25, 0.3) is 11.8 Å². The van der Waals surface area contributed by atoms with E-state index in [0.29, 0.717) is 28.8 Å². The summed E-state index contributed by atoms with van der Waals surface area (Å²) in [6.07, 6.45) is 0. The molecule has 0 radical (unpaired) electrons. The Hall–Kier alpha value is -4.27. The van der Waals surface area contributed by atoms with Crippen LogP contribution in [0.4, 0.5) is 0 Å². The molecule has 2 aliphatic rings. The average Bonchev–Trinajstić information content (AvgIpc) is 3.23. The summed E-state index contributed by atoms with van der Waals surface area (Å²) in [6, 6.07) is 32.7. The Bertz CT molecular complexity index is 1540. The molecule has 3 aromatic carbocycles. The lowest BCUT2D eigenvalue weighted by molar-refractivity contribution is -0.138. The highest BCUT2D eigenvalue weighted by molar-refractivity contribution is 8.04. The zero-order valence-electron chi connectivity index (χ0n) is 23.8. The second-order valence-electron chi connectivity index (χ2n) is 10.6. The molecule has 6 rings (SSSR count). The summed E-state index contributed by atoms with van der Waals surface area (Å²) in [5, 5.41) is 0.481. The molecule has 0 N–H and O–H groups in total. The summed E-state index contributed by atoms with van der Waals surface area (Å²) in [6.45, 7) is 6.79. The Kier molecular flexibility index (Phi) is 8.17. The van der Waals surface area contributed by atoms with E-state index in [1.165, 1.54) is 27.8 Å². The molecule has 42 heavy (non-hydrogen) atoms. The Labute approximate surface area is 250 Å². The first kappa shape index (κ1) is 27.9. The van der Waals surface area contributed by atoms with Crippen LogP contribution >= 0.6 is 11.8 Å². The number of rotatable bonds is 8. The van der Waals surface area contributed by atoms with E-state index in [-0.39, 0.29) is 24.4 Å². The van der Waals surface area contributed by atoms with E-state index in [4.69, 9.17) is 0 Å². The number of carbonyl (C=O) groups excluding carboxylic acids is 2. The number of piperazine rings is 1. The zero-order valence-corrected chi connectivity index (χ0v) is 24.6. The minimum atomic E-state index is -0.291. The Balaban J connectivity index is 1.29. The maximum Gasteiger partial charge on any atom is 0.278 e. The average molecular weight is 576 g/mol. The highest BCUT2D eigenvalue weighted by Gasteiger charge is 2.43. The van der Waals surface area contributed by atoms with E-state index in [0.717, 1.165) is 30.0 Å². The van der Waals surface area contributed by atoms with Gasteiger partial charge in [0, 0.05) is 37.6 Å². The quantitative estimate of drug-likeness (QED) is 0.207. The van der Waals surface area contributed by atoms with E-state index < -0.39 is 0 Å². The van der Waals surface area contributed by atoms with Crippen molar-refractivity contribution in [1.82, 2.24) is 24.7 Å². The lowest BCUT2D eigenvalue weighted by Gasteiger charge is -2.40. The third-order valence-corrected chi connectivity index (χ3v) is 8.60. The zero-order chi connectivity index (χ0) is 29.1. The number of nitrogens with zero attached hydrogens (tertiary/aromatic N) is 5. The van der Waals surface area contributed by atoms with Gasteiger partial charge in [-0.05, 0) is 48.4 Å². The van der Waals surface area contributed by atoms with Crippen LogP contribution in [0.3, 0.4) is 0 Å². The third kappa shape index (κ3) is 5.86. The summed E-state index contributed by atoms with van der Waals surface area (Å²) in [4.78, 5) is 43.2. The lowest BCUT2D eigenvalue weighted by Crippen LogP contribution is -2.48. The van der Waals surface area contributed by atoms with Crippen LogP contribution in [0.5, 0.6) is 0 Å². The molecule has 7 nitrogen and oxygen atoms in total. The second-order valence-corrected chi connectivity index (χ2v) is 11.6. The number of thioether (sulfide) groups is 1. The van der Waals surface area contributed by atoms with Crippen LogP contribution in [0.2, 0.25) is 0 Å². The van der Waals surface area contributed by atoms with Crippen molar-refractivity contribution >= 4 is 23.6 Å². The first-order valence-electron chi connectivity index (χ1n) is 14.2. The summed E-state index contributed by atoms with van der Waals surface area (Å²) in [5.41, 5.74) is 5.49. The van der Waals surface area contributed by atoms with Gasteiger partial charge in [-0.25, -0.2) is 9.97 Å².